The van der Waals surface area contributed by atoms with Gasteiger partial charge in [0.05, 0.1) is 26.9 Å². The van der Waals surface area contributed by atoms with Crippen LogP contribution in [-0.4, -0.2) is 51.9 Å². The second-order valence-electron chi connectivity index (χ2n) is 6.67. The summed E-state index contributed by atoms with van der Waals surface area (Å²) in [5.74, 6) is 1.71. The number of hydrogen-bond donors (Lipinski definition) is 1. The van der Waals surface area contributed by atoms with Crippen LogP contribution in [0.5, 0.6) is 5.75 Å². The first-order valence-electron chi connectivity index (χ1n) is 9.94. The number of guanidine groups is 1. The van der Waals surface area contributed by atoms with Crippen molar-refractivity contribution in [2.75, 3.05) is 41.0 Å². The number of benzene rings is 2. The Bertz CT molecular complexity index is 754. The van der Waals surface area contributed by atoms with Crippen LogP contribution in [0.3, 0.4) is 0 Å². The zero-order chi connectivity index (χ0) is 20.9. The van der Waals surface area contributed by atoms with E-state index < -0.39 is 0 Å². The third kappa shape index (κ3) is 9.32. The van der Waals surface area contributed by atoms with Gasteiger partial charge in [0.15, 0.2) is 5.96 Å². The highest BCUT2D eigenvalue weighted by Gasteiger charge is 2.07. The molecular formula is C23H34IN3O3. The molecule has 0 saturated heterocycles. The molecule has 0 atom stereocenters. The van der Waals surface area contributed by atoms with Gasteiger partial charge in [-0.3, -0.25) is 4.99 Å². The summed E-state index contributed by atoms with van der Waals surface area (Å²) in [6.45, 7) is 6.00. The van der Waals surface area contributed by atoms with E-state index in [1.54, 1.807) is 14.2 Å². The minimum atomic E-state index is 0. The van der Waals surface area contributed by atoms with E-state index in [1.807, 2.05) is 26.1 Å². The number of ether oxygens (including phenoxy) is 3. The summed E-state index contributed by atoms with van der Waals surface area (Å²) in [4.78, 5) is 6.50. The molecule has 6 nitrogen and oxygen atoms in total. The number of hydrogen-bond acceptors (Lipinski definition) is 4. The normalized spacial score (nSPS) is 11.0. The predicted octanol–water partition coefficient (Wildman–Crippen LogP) is 4.07. The van der Waals surface area contributed by atoms with Crippen molar-refractivity contribution in [3.8, 4) is 5.75 Å². The van der Waals surface area contributed by atoms with Gasteiger partial charge in [-0.05, 0) is 35.7 Å². The first-order chi connectivity index (χ1) is 14.2. The van der Waals surface area contributed by atoms with Crippen molar-refractivity contribution in [3.05, 3.63) is 65.2 Å². The van der Waals surface area contributed by atoms with Gasteiger partial charge in [-0.15, -0.1) is 24.0 Å². The van der Waals surface area contributed by atoms with Gasteiger partial charge in [0.25, 0.3) is 0 Å². The van der Waals surface area contributed by atoms with Crippen molar-refractivity contribution in [1.82, 2.24) is 10.2 Å². The smallest absolute Gasteiger partial charge is 0.193 e. The Balaban J connectivity index is 0.00000450. The highest BCUT2D eigenvalue weighted by atomic mass is 127. The minimum absolute atomic E-state index is 0. The minimum Gasteiger partial charge on any atom is -0.497 e. The van der Waals surface area contributed by atoms with Crippen molar-refractivity contribution >= 4 is 29.9 Å². The number of nitrogens with one attached hydrogen (secondary N) is 1. The first-order valence-corrected chi connectivity index (χ1v) is 9.94. The molecule has 0 spiro atoms. The van der Waals surface area contributed by atoms with Crippen LogP contribution in [0, 0.1) is 0 Å². The Hall–Kier alpha value is -1.84. The van der Waals surface area contributed by atoms with Crippen LogP contribution in [0.2, 0.25) is 0 Å². The van der Waals surface area contributed by atoms with Crippen molar-refractivity contribution in [2.24, 2.45) is 4.99 Å². The molecule has 0 saturated carbocycles. The van der Waals surface area contributed by atoms with Crippen LogP contribution >= 0.6 is 24.0 Å². The molecule has 0 aliphatic heterocycles. The highest BCUT2D eigenvalue weighted by Crippen LogP contribution is 2.13. The molecule has 0 bridgehead atoms. The van der Waals surface area contributed by atoms with Gasteiger partial charge in [-0.2, -0.15) is 0 Å². The zero-order valence-electron chi connectivity index (χ0n) is 18.4. The van der Waals surface area contributed by atoms with E-state index in [2.05, 4.69) is 51.6 Å². The summed E-state index contributed by atoms with van der Waals surface area (Å²) >= 11 is 0. The molecule has 0 radical (unpaired) electrons. The average molecular weight is 527 g/mol. The summed E-state index contributed by atoms with van der Waals surface area (Å²) < 4.78 is 16.2. The van der Waals surface area contributed by atoms with E-state index in [0.717, 1.165) is 30.4 Å². The van der Waals surface area contributed by atoms with Gasteiger partial charge < -0.3 is 24.4 Å². The molecule has 0 heterocycles. The maximum absolute atomic E-state index is 5.66. The standard InChI is InChI=1S/C23H33N3O3.HI/c1-5-28-13-14-29-18-21-8-6-7-20(15-21)16-25-23(24-2)26(3)17-19-9-11-22(27-4)12-10-19;/h6-12,15H,5,13-14,16-18H2,1-4H3,(H,24,25);1H. The van der Waals surface area contributed by atoms with E-state index in [9.17, 15) is 0 Å². The van der Waals surface area contributed by atoms with Crippen molar-refractivity contribution < 1.29 is 14.2 Å². The van der Waals surface area contributed by atoms with Crippen LogP contribution in [-0.2, 0) is 29.2 Å². The molecule has 0 aliphatic rings. The molecule has 2 aromatic carbocycles. The third-order valence-corrected chi connectivity index (χ3v) is 4.44. The van der Waals surface area contributed by atoms with Crippen molar-refractivity contribution in [1.29, 1.82) is 0 Å². The number of rotatable bonds is 11. The molecule has 30 heavy (non-hydrogen) atoms. The lowest BCUT2D eigenvalue weighted by molar-refractivity contribution is 0.0453. The quantitative estimate of drug-likeness (QED) is 0.207. The Kier molecular flexibility index (Phi) is 13.1. The summed E-state index contributed by atoms with van der Waals surface area (Å²) in [5, 5.41) is 3.43. The maximum Gasteiger partial charge on any atom is 0.193 e. The second-order valence-corrected chi connectivity index (χ2v) is 6.67. The summed E-state index contributed by atoms with van der Waals surface area (Å²) in [6.07, 6.45) is 0. The van der Waals surface area contributed by atoms with Gasteiger partial charge in [-0.25, -0.2) is 0 Å². The Labute approximate surface area is 197 Å². The number of methoxy groups -OCH3 is 1. The maximum atomic E-state index is 5.66. The highest BCUT2D eigenvalue weighted by molar-refractivity contribution is 14.0. The van der Waals surface area contributed by atoms with E-state index >= 15 is 0 Å². The third-order valence-electron chi connectivity index (χ3n) is 4.44. The lowest BCUT2D eigenvalue weighted by Crippen LogP contribution is -2.38. The van der Waals surface area contributed by atoms with Gasteiger partial charge in [-0.1, -0.05) is 36.4 Å². The summed E-state index contributed by atoms with van der Waals surface area (Å²) in [7, 11) is 5.51. The fourth-order valence-corrected chi connectivity index (χ4v) is 2.93. The lowest BCUT2D eigenvalue weighted by atomic mass is 10.1. The van der Waals surface area contributed by atoms with Gasteiger partial charge >= 0.3 is 0 Å². The van der Waals surface area contributed by atoms with Gasteiger partial charge in [0.1, 0.15) is 5.75 Å². The molecule has 7 heteroatoms. The molecular weight excluding hydrogens is 493 g/mol. The SMILES string of the molecule is CCOCCOCc1cccc(CNC(=NC)N(C)Cc2ccc(OC)cc2)c1.I. The molecule has 2 aromatic rings. The van der Waals surface area contributed by atoms with E-state index in [1.165, 1.54) is 11.1 Å². The lowest BCUT2D eigenvalue weighted by Gasteiger charge is -2.22. The number of nitrogens with zero attached hydrogens (tertiary/aromatic N) is 2. The Morgan fingerprint density at radius 2 is 1.70 bits per heavy atom. The van der Waals surface area contributed by atoms with Crippen LogP contribution in [0.4, 0.5) is 0 Å². The molecule has 0 amide bonds. The van der Waals surface area contributed by atoms with Crippen LogP contribution < -0.4 is 10.1 Å². The van der Waals surface area contributed by atoms with Crippen molar-refractivity contribution in [2.45, 2.75) is 26.6 Å². The monoisotopic (exact) mass is 527 g/mol. The van der Waals surface area contributed by atoms with Crippen molar-refractivity contribution in [3.63, 3.8) is 0 Å². The first kappa shape index (κ1) is 26.2. The molecule has 0 fully saturated rings. The van der Waals surface area contributed by atoms with Crippen LogP contribution in [0.15, 0.2) is 53.5 Å². The second kappa shape index (κ2) is 15.0. The number of halogens is 1. The van der Waals surface area contributed by atoms with E-state index in [0.29, 0.717) is 26.4 Å². The van der Waals surface area contributed by atoms with Gasteiger partial charge in [0, 0.05) is 33.8 Å². The van der Waals surface area contributed by atoms with Crippen LogP contribution in [0.25, 0.3) is 0 Å². The largest absolute Gasteiger partial charge is 0.497 e. The molecule has 2 rings (SSSR count). The molecule has 0 aromatic heterocycles. The number of aliphatic imine (C=N–C) groups is 1. The predicted molar refractivity (Wildman–Crippen MR) is 133 cm³/mol. The Morgan fingerprint density at radius 3 is 2.37 bits per heavy atom. The zero-order valence-corrected chi connectivity index (χ0v) is 20.7. The molecule has 166 valence electrons. The Morgan fingerprint density at radius 1 is 1.00 bits per heavy atom. The van der Waals surface area contributed by atoms with Crippen LogP contribution in [0.1, 0.15) is 23.6 Å². The summed E-state index contributed by atoms with van der Waals surface area (Å²) in [6, 6.07) is 16.5. The van der Waals surface area contributed by atoms with E-state index in [-0.39, 0.29) is 24.0 Å². The molecule has 1 N–H and O–H groups in total. The fraction of sp³-hybridized carbons (Fsp3) is 0.435. The topological polar surface area (TPSA) is 55.3 Å². The van der Waals surface area contributed by atoms with Gasteiger partial charge in [0.2, 0.25) is 0 Å². The fourth-order valence-electron chi connectivity index (χ4n) is 2.93. The summed E-state index contributed by atoms with van der Waals surface area (Å²) in [5.41, 5.74) is 3.54. The average Bonchev–Trinajstić information content (AvgIpc) is 2.75. The molecule has 0 unspecified atom stereocenters. The molecule has 0 aliphatic carbocycles. The van der Waals surface area contributed by atoms with E-state index in [4.69, 9.17) is 14.2 Å².